The van der Waals surface area contributed by atoms with Crippen LogP contribution in [0.15, 0.2) is 12.2 Å². The molecule has 0 heterocycles. The normalized spacial score (nSPS) is 21.2. The minimum Gasteiger partial charge on any atom is -0.466 e. The Morgan fingerprint density at radius 1 is 1.29 bits per heavy atom. The van der Waals surface area contributed by atoms with Crippen LogP contribution in [0.4, 0.5) is 4.79 Å². The molecule has 0 bridgehead atoms. The first-order chi connectivity index (χ1) is 11.0. The zero-order chi connectivity index (χ0) is 18.5. The van der Waals surface area contributed by atoms with Crippen molar-refractivity contribution in [1.29, 1.82) is 0 Å². The van der Waals surface area contributed by atoms with E-state index >= 15 is 0 Å². The number of ether oxygens (including phenoxy) is 2. The molecule has 0 saturated carbocycles. The van der Waals surface area contributed by atoms with E-state index in [9.17, 15) is 18.0 Å². The predicted octanol–water partition coefficient (Wildman–Crippen LogP) is 2.01. The summed E-state index contributed by atoms with van der Waals surface area (Å²) in [5.74, 6) is -0.956. The second-order valence-corrected chi connectivity index (χ2v) is 7.90. The van der Waals surface area contributed by atoms with E-state index in [1.54, 1.807) is 39.8 Å². The van der Waals surface area contributed by atoms with E-state index in [0.717, 1.165) is 7.11 Å². The number of carbonyl (C=O) groups excluding carboxylic acids is 2. The molecular weight excluding hydrogens is 338 g/mol. The van der Waals surface area contributed by atoms with Crippen LogP contribution in [0.3, 0.4) is 0 Å². The number of amides is 1. The molecule has 0 radical (unpaired) electrons. The van der Waals surface area contributed by atoms with Crippen LogP contribution >= 0.6 is 0 Å². The van der Waals surface area contributed by atoms with E-state index in [1.165, 1.54) is 0 Å². The van der Waals surface area contributed by atoms with Crippen molar-refractivity contribution in [3.05, 3.63) is 12.2 Å². The Labute approximate surface area is 143 Å². The molecule has 0 N–H and O–H groups in total. The molecule has 0 saturated heterocycles. The Bertz CT molecular complexity index is 591. The van der Waals surface area contributed by atoms with Crippen molar-refractivity contribution in [3.8, 4) is 0 Å². The Kier molecular flexibility index (Phi) is 6.79. The van der Waals surface area contributed by atoms with E-state index in [2.05, 4.69) is 4.18 Å². The lowest BCUT2D eigenvalue weighted by Crippen LogP contribution is -2.48. The maximum Gasteiger partial charge on any atom is 0.426 e. The topological polar surface area (TPSA) is 99.2 Å². The van der Waals surface area contributed by atoms with Gasteiger partial charge >= 0.3 is 22.4 Å². The van der Waals surface area contributed by atoms with Crippen molar-refractivity contribution in [2.75, 3.05) is 13.7 Å². The van der Waals surface area contributed by atoms with Crippen LogP contribution in [0.2, 0.25) is 0 Å². The highest BCUT2D eigenvalue weighted by atomic mass is 32.2. The number of hydrogen-bond acceptors (Lipinski definition) is 7. The summed E-state index contributed by atoms with van der Waals surface area (Å²) in [4.78, 5) is 24.3. The number of allylic oxidation sites excluding steroid dienone is 1. The van der Waals surface area contributed by atoms with Crippen LogP contribution in [0.1, 0.15) is 40.5 Å². The summed E-state index contributed by atoms with van der Waals surface area (Å²) in [6, 6.07) is -0.882. The fraction of sp³-hybridized carbons (Fsp3) is 0.733. The average Bonchev–Trinajstić information content (AvgIpc) is 2.45. The predicted molar refractivity (Wildman–Crippen MR) is 86.3 cm³/mol. The van der Waals surface area contributed by atoms with Gasteiger partial charge in [0.25, 0.3) is 0 Å². The third-order valence-electron chi connectivity index (χ3n) is 3.25. The molecule has 1 amide bonds. The molecule has 2 atom stereocenters. The van der Waals surface area contributed by atoms with Gasteiger partial charge in [-0.15, -0.1) is 0 Å². The van der Waals surface area contributed by atoms with Crippen LogP contribution in [0.25, 0.3) is 0 Å². The van der Waals surface area contributed by atoms with Crippen LogP contribution in [0.5, 0.6) is 0 Å². The van der Waals surface area contributed by atoms with Crippen molar-refractivity contribution in [2.24, 2.45) is 5.92 Å². The fourth-order valence-electron chi connectivity index (χ4n) is 2.27. The van der Waals surface area contributed by atoms with Gasteiger partial charge in [-0.05, 0) is 40.5 Å². The van der Waals surface area contributed by atoms with E-state index in [4.69, 9.17) is 9.47 Å². The Hall–Kier alpha value is -1.61. The van der Waals surface area contributed by atoms with Gasteiger partial charge in [-0.3, -0.25) is 8.98 Å². The molecule has 0 aromatic rings. The summed E-state index contributed by atoms with van der Waals surface area (Å²) in [5, 5.41) is 0. The van der Waals surface area contributed by atoms with Gasteiger partial charge in [0.05, 0.1) is 25.7 Å². The van der Waals surface area contributed by atoms with Crippen LogP contribution in [0, 0.1) is 5.92 Å². The molecule has 0 unspecified atom stereocenters. The fourth-order valence-corrected chi connectivity index (χ4v) is 3.14. The van der Waals surface area contributed by atoms with Crippen molar-refractivity contribution in [1.82, 2.24) is 4.31 Å². The third-order valence-corrected chi connectivity index (χ3v) is 4.57. The van der Waals surface area contributed by atoms with E-state index in [-0.39, 0.29) is 13.0 Å². The second kappa shape index (κ2) is 7.98. The van der Waals surface area contributed by atoms with Gasteiger partial charge in [0.15, 0.2) is 0 Å². The minimum absolute atomic E-state index is 0.108. The van der Waals surface area contributed by atoms with Crippen LogP contribution in [-0.4, -0.2) is 50.1 Å². The summed E-state index contributed by atoms with van der Waals surface area (Å²) in [7, 11) is -3.38. The van der Waals surface area contributed by atoms with Crippen LogP contribution in [-0.2, 0) is 28.8 Å². The van der Waals surface area contributed by atoms with Crippen molar-refractivity contribution in [2.45, 2.75) is 52.2 Å². The molecule has 0 spiro atoms. The van der Waals surface area contributed by atoms with E-state index < -0.39 is 39.9 Å². The molecule has 9 heteroatoms. The van der Waals surface area contributed by atoms with Crippen LogP contribution < -0.4 is 0 Å². The Morgan fingerprint density at radius 3 is 2.42 bits per heavy atom. The van der Waals surface area contributed by atoms with Gasteiger partial charge in [0, 0.05) is 0 Å². The lowest BCUT2D eigenvalue weighted by atomic mass is 9.91. The number of nitrogens with zero attached hydrogens (tertiary/aromatic N) is 1. The quantitative estimate of drug-likeness (QED) is 0.544. The summed E-state index contributed by atoms with van der Waals surface area (Å²) >= 11 is 0. The average molecular weight is 363 g/mol. The standard InChI is InChI=1S/C15H25NO7S/c1-6-22-13(17)11-8-7-9-12(10-11)16(24(19,20)21-5)14(18)23-15(2,3)4/h7,9,11-12H,6,8,10H2,1-5H3/t11-,12-/m0/s1. The van der Waals surface area contributed by atoms with Crippen molar-refractivity contribution in [3.63, 3.8) is 0 Å². The Balaban J connectivity index is 3.07. The van der Waals surface area contributed by atoms with Crippen molar-refractivity contribution >= 4 is 22.4 Å². The molecule has 0 aromatic carbocycles. The summed E-state index contributed by atoms with van der Waals surface area (Å²) in [6.07, 6.45) is 2.68. The molecule has 1 aliphatic rings. The number of esters is 1. The van der Waals surface area contributed by atoms with Gasteiger partial charge in [-0.25, -0.2) is 4.79 Å². The highest BCUT2D eigenvalue weighted by Crippen LogP contribution is 2.27. The molecule has 8 nitrogen and oxygen atoms in total. The monoisotopic (exact) mass is 363 g/mol. The highest BCUT2D eigenvalue weighted by Gasteiger charge is 2.40. The molecular formula is C15H25NO7S. The lowest BCUT2D eigenvalue weighted by Gasteiger charge is -2.33. The van der Waals surface area contributed by atoms with Gasteiger partial charge in [-0.1, -0.05) is 12.2 Å². The summed E-state index contributed by atoms with van der Waals surface area (Å²) in [6.45, 7) is 6.80. The third kappa shape index (κ3) is 5.48. The van der Waals surface area contributed by atoms with Gasteiger partial charge < -0.3 is 9.47 Å². The molecule has 1 rings (SSSR count). The van der Waals surface area contributed by atoms with Gasteiger partial charge in [0.1, 0.15) is 5.60 Å². The number of hydrogen-bond donors (Lipinski definition) is 0. The molecule has 0 aromatic heterocycles. The van der Waals surface area contributed by atoms with Crippen molar-refractivity contribution < 1.29 is 31.7 Å². The zero-order valence-corrected chi connectivity index (χ0v) is 15.5. The largest absolute Gasteiger partial charge is 0.466 e. The first kappa shape index (κ1) is 20.4. The maximum atomic E-state index is 12.4. The highest BCUT2D eigenvalue weighted by molar-refractivity contribution is 7.84. The van der Waals surface area contributed by atoms with Gasteiger partial charge in [-0.2, -0.15) is 12.7 Å². The molecule has 24 heavy (non-hydrogen) atoms. The molecule has 138 valence electrons. The SMILES string of the molecule is CCOC(=O)[C@H]1CC=C[C@H](N(C(=O)OC(C)(C)C)S(=O)(=O)OC)C1. The van der Waals surface area contributed by atoms with Gasteiger partial charge in [0.2, 0.25) is 0 Å². The summed E-state index contributed by atoms with van der Waals surface area (Å²) in [5.41, 5.74) is -0.877. The second-order valence-electron chi connectivity index (χ2n) is 6.32. The maximum absolute atomic E-state index is 12.4. The smallest absolute Gasteiger partial charge is 0.426 e. The number of rotatable bonds is 5. The first-order valence-corrected chi connectivity index (χ1v) is 9.04. The van der Waals surface area contributed by atoms with E-state index in [1.807, 2.05) is 0 Å². The minimum atomic E-state index is -4.34. The molecule has 0 fully saturated rings. The summed E-state index contributed by atoms with van der Waals surface area (Å²) < 4.78 is 39.5. The molecule has 0 aliphatic heterocycles. The lowest BCUT2D eigenvalue weighted by molar-refractivity contribution is -0.148. The van der Waals surface area contributed by atoms with E-state index in [0.29, 0.717) is 10.7 Å². The zero-order valence-electron chi connectivity index (χ0n) is 14.6. The Morgan fingerprint density at radius 2 is 1.92 bits per heavy atom. The first-order valence-electron chi connectivity index (χ1n) is 7.68. The molecule has 1 aliphatic carbocycles. The number of carbonyl (C=O) groups is 2.